The molecule has 1 fully saturated rings. The van der Waals surface area contributed by atoms with Gasteiger partial charge in [-0.3, -0.25) is 0 Å². The molecule has 1 aromatic rings. The Kier molecular flexibility index (Phi) is 3.16. The van der Waals surface area contributed by atoms with Gasteiger partial charge in [-0.25, -0.2) is 0 Å². The van der Waals surface area contributed by atoms with Crippen LogP contribution >= 0.6 is 11.3 Å². The fourth-order valence-electron chi connectivity index (χ4n) is 2.39. The molecule has 0 unspecified atom stereocenters. The quantitative estimate of drug-likeness (QED) is 0.747. The van der Waals surface area contributed by atoms with Gasteiger partial charge in [0.2, 0.25) is 0 Å². The molecule has 0 aliphatic heterocycles. The molecule has 0 N–H and O–H groups in total. The van der Waals surface area contributed by atoms with Gasteiger partial charge in [0, 0.05) is 5.92 Å². The van der Waals surface area contributed by atoms with Gasteiger partial charge in [-0.1, -0.05) is 13.8 Å². The molecule has 0 radical (unpaired) electrons. The SMILES string of the molecule is CC(C)C1CCC(c2nncs2)CC1. The Bertz CT molecular complexity index is 261. The van der Waals surface area contributed by atoms with Crippen LogP contribution in [0.3, 0.4) is 0 Å². The van der Waals surface area contributed by atoms with E-state index in [2.05, 4.69) is 24.0 Å². The summed E-state index contributed by atoms with van der Waals surface area (Å²) in [4.78, 5) is 0. The zero-order valence-electron chi connectivity index (χ0n) is 8.94. The maximum absolute atomic E-state index is 4.18. The van der Waals surface area contributed by atoms with Crippen molar-refractivity contribution in [2.24, 2.45) is 11.8 Å². The molecule has 1 heterocycles. The van der Waals surface area contributed by atoms with Crippen LogP contribution in [0, 0.1) is 11.8 Å². The van der Waals surface area contributed by atoms with Crippen molar-refractivity contribution >= 4 is 11.3 Å². The Morgan fingerprint density at radius 2 is 2.00 bits per heavy atom. The minimum absolute atomic E-state index is 0.706. The molecule has 1 aromatic heterocycles. The van der Waals surface area contributed by atoms with E-state index in [1.807, 2.05) is 5.51 Å². The van der Waals surface area contributed by atoms with Gasteiger partial charge < -0.3 is 0 Å². The highest BCUT2D eigenvalue weighted by atomic mass is 32.1. The van der Waals surface area contributed by atoms with E-state index in [-0.39, 0.29) is 0 Å². The van der Waals surface area contributed by atoms with Gasteiger partial charge in [0.05, 0.1) is 0 Å². The molecule has 2 nitrogen and oxygen atoms in total. The largest absolute Gasteiger partial charge is 0.147 e. The first-order valence-electron chi connectivity index (χ1n) is 5.53. The van der Waals surface area contributed by atoms with E-state index in [0.717, 1.165) is 11.8 Å². The van der Waals surface area contributed by atoms with E-state index in [0.29, 0.717) is 5.92 Å². The van der Waals surface area contributed by atoms with Crippen molar-refractivity contribution in [3.63, 3.8) is 0 Å². The van der Waals surface area contributed by atoms with Gasteiger partial charge in [0.15, 0.2) is 0 Å². The van der Waals surface area contributed by atoms with Crippen molar-refractivity contribution in [3.8, 4) is 0 Å². The van der Waals surface area contributed by atoms with E-state index in [9.17, 15) is 0 Å². The van der Waals surface area contributed by atoms with Crippen LogP contribution in [0.1, 0.15) is 50.5 Å². The Morgan fingerprint density at radius 3 is 2.50 bits per heavy atom. The number of hydrogen-bond acceptors (Lipinski definition) is 3. The summed E-state index contributed by atoms with van der Waals surface area (Å²) in [5, 5.41) is 9.36. The monoisotopic (exact) mass is 210 g/mol. The molecule has 14 heavy (non-hydrogen) atoms. The van der Waals surface area contributed by atoms with E-state index in [1.165, 1.54) is 30.7 Å². The van der Waals surface area contributed by atoms with Crippen LogP contribution < -0.4 is 0 Å². The minimum atomic E-state index is 0.706. The van der Waals surface area contributed by atoms with Crippen molar-refractivity contribution < 1.29 is 0 Å². The smallest absolute Gasteiger partial charge is 0.120 e. The molecule has 1 saturated carbocycles. The van der Waals surface area contributed by atoms with Crippen molar-refractivity contribution in [1.29, 1.82) is 0 Å². The average Bonchev–Trinajstić information content (AvgIpc) is 2.71. The summed E-state index contributed by atoms with van der Waals surface area (Å²) in [5.41, 5.74) is 1.85. The lowest BCUT2D eigenvalue weighted by Gasteiger charge is -2.29. The van der Waals surface area contributed by atoms with Crippen LogP contribution in [-0.4, -0.2) is 10.2 Å². The van der Waals surface area contributed by atoms with Crippen molar-refractivity contribution in [2.75, 3.05) is 0 Å². The molecule has 3 heteroatoms. The van der Waals surface area contributed by atoms with Gasteiger partial charge in [0.1, 0.15) is 10.5 Å². The van der Waals surface area contributed by atoms with Gasteiger partial charge in [-0.2, -0.15) is 0 Å². The van der Waals surface area contributed by atoms with Crippen molar-refractivity contribution in [2.45, 2.75) is 45.4 Å². The third-order valence-corrected chi connectivity index (χ3v) is 4.30. The molecule has 1 aliphatic carbocycles. The highest BCUT2D eigenvalue weighted by molar-refractivity contribution is 7.09. The summed E-state index contributed by atoms with van der Waals surface area (Å²) in [6.45, 7) is 4.69. The fraction of sp³-hybridized carbons (Fsp3) is 0.818. The molecule has 0 aromatic carbocycles. The highest BCUT2D eigenvalue weighted by Gasteiger charge is 2.25. The third-order valence-electron chi connectivity index (χ3n) is 3.44. The van der Waals surface area contributed by atoms with Crippen LogP contribution in [0.15, 0.2) is 5.51 Å². The average molecular weight is 210 g/mol. The zero-order chi connectivity index (χ0) is 9.97. The van der Waals surface area contributed by atoms with E-state index >= 15 is 0 Å². The lowest BCUT2D eigenvalue weighted by atomic mass is 9.77. The normalized spacial score (nSPS) is 28.2. The van der Waals surface area contributed by atoms with E-state index in [4.69, 9.17) is 0 Å². The lowest BCUT2D eigenvalue weighted by molar-refractivity contribution is 0.258. The number of nitrogens with zero attached hydrogens (tertiary/aromatic N) is 2. The molecule has 1 aliphatic rings. The predicted molar refractivity (Wildman–Crippen MR) is 59.4 cm³/mol. The van der Waals surface area contributed by atoms with Gasteiger partial charge in [0.25, 0.3) is 0 Å². The Morgan fingerprint density at radius 1 is 1.29 bits per heavy atom. The molecule has 78 valence electrons. The maximum Gasteiger partial charge on any atom is 0.120 e. The Hall–Kier alpha value is -0.440. The van der Waals surface area contributed by atoms with E-state index in [1.54, 1.807) is 11.3 Å². The zero-order valence-corrected chi connectivity index (χ0v) is 9.76. The Labute approximate surface area is 89.8 Å². The van der Waals surface area contributed by atoms with Crippen LogP contribution in [0.25, 0.3) is 0 Å². The molecule has 2 rings (SSSR count). The van der Waals surface area contributed by atoms with Crippen LogP contribution in [0.5, 0.6) is 0 Å². The van der Waals surface area contributed by atoms with Gasteiger partial charge >= 0.3 is 0 Å². The lowest BCUT2D eigenvalue weighted by Crippen LogP contribution is -2.17. The summed E-state index contributed by atoms with van der Waals surface area (Å²) < 4.78 is 0. The standard InChI is InChI=1S/C11H18N2S/c1-8(2)9-3-5-10(6-4-9)11-13-12-7-14-11/h7-10H,3-6H2,1-2H3. The highest BCUT2D eigenvalue weighted by Crippen LogP contribution is 2.38. The Balaban J connectivity index is 1.90. The number of hydrogen-bond donors (Lipinski definition) is 0. The maximum atomic E-state index is 4.18. The molecule has 0 spiro atoms. The fourth-order valence-corrected chi connectivity index (χ4v) is 3.12. The summed E-state index contributed by atoms with van der Waals surface area (Å²) in [7, 11) is 0. The second kappa shape index (κ2) is 4.39. The summed E-state index contributed by atoms with van der Waals surface area (Å²) >= 11 is 1.72. The first-order valence-corrected chi connectivity index (χ1v) is 6.41. The van der Waals surface area contributed by atoms with Gasteiger partial charge in [-0.15, -0.1) is 21.5 Å². The summed E-state index contributed by atoms with van der Waals surface area (Å²) in [6.07, 6.45) is 5.39. The topological polar surface area (TPSA) is 25.8 Å². The predicted octanol–water partition coefficient (Wildman–Crippen LogP) is 3.47. The summed E-state index contributed by atoms with van der Waals surface area (Å²) in [6, 6.07) is 0. The minimum Gasteiger partial charge on any atom is -0.147 e. The van der Waals surface area contributed by atoms with Gasteiger partial charge in [-0.05, 0) is 37.5 Å². The molecule has 0 amide bonds. The van der Waals surface area contributed by atoms with Crippen LogP contribution in [-0.2, 0) is 0 Å². The molecule has 0 bridgehead atoms. The second-order valence-corrected chi connectivity index (χ2v) is 5.50. The first kappa shape index (κ1) is 10.1. The third kappa shape index (κ3) is 2.14. The second-order valence-electron chi connectivity index (χ2n) is 4.63. The van der Waals surface area contributed by atoms with Crippen molar-refractivity contribution in [1.82, 2.24) is 10.2 Å². The van der Waals surface area contributed by atoms with Crippen molar-refractivity contribution in [3.05, 3.63) is 10.5 Å². The van der Waals surface area contributed by atoms with Crippen LogP contribution in [0.4, 0.5) is 0 Å². The van der Waals surface area contributed by atoms with E-state index < -0.39 is 0 Å². The molecular weight excluding hydrogens is 192 g/mol. The summed E-state index contributed by atoms with van der Waals surface area (Å²) in [5.74, 6) is 2.50. The molecule has 0 atom stereocenters. The first-order chi connectivity index (χ1) is 6.77. The molecular formula is C11H18N2S. The number of aromatic nitrogens is 2. The molecule has 0 saturated heterocycles. The number of rotatable bonds is 2. The van der Waals surface area contributed by atoms with Crippen LogP contribution in [0.2, 0.25) is 0 Å².